The van der Waals surface area contributed by atoms with E-state index in [4.69, 9.17) is 4.74 Å². The predicted octanol–water partition coefficient (Wildman–Crippen LogP) is 3.92. The van der Waals surface area contributed by atoms with E-state index in [1.165, 1.54) is 6.92 Å². The Balaban J connectivity index is 1.72. The minimum atomic E-state index is -0.596. The number of rotatable bonds is 7. The first-order valence-electron chi connectivity index (χ1n) is 10.8. The van der Waals surface area contributed by atoms with Crippen LogP contribution in [0.2, 0.25) is 0 Å². The van der Waals surface area contributed by atoms with Gasteiger partial charge in [-0.15, -0.1) is 11.3 Å². The molecule has 11 heteroatoms. The lowest BCUT2D eigenvalue weighted by atomic mass is 10.1. The quantitative estimate of drug-likeness (QED) is 0.314. The number of nitrogens with zero attached hydrogens (tertiary/aromatic N) is 5. The first-order chi connectivity index (χ1) is 16.3. The molecule has 0 bridgehead atoms. The molecule has 4 rings (SSSR count). The molecule has 0 aromatic carbocycles. The summed E-state index contributed by atoms with van der Waals surface area (Å²) in [5, 5.41) is 11.8. The number of carbonyl (C=O) groups excluding carboxylic acids is 3. The van der Waals surface area contributed by atoms with E-state index in [9.17, 15) is 14.4 Å². The van der Waals surface area contributed by atoms with E-state index in [-0.39, 0.29) is 28.6 Å². The highest BCUT2D eigenvalue weighted by Crippen LogP contribution is 2.34. The second-order valence-electron chi connectivity index (χ2n) is 7.58. The number of thiophene rings is 1. The zero-order valence-electron chi connectivity index (χ0n) is 19.5. The molecule has 0 aliphatic rings. The average Bonchev–Trinajstić information content (AvgIpc) is 3.48. The van der Waals surface area contributed by atoms with Crippen LogP contribution >= 0.6 is 11.3 Å². The smallest absolute Gasteiger partial charge is 0.341 e. The fourth-order valence-electron chi connectivity index (χ4n) is 3.78. The molecule has 0 saturated heterocycles. The molecule has 34 heavy (non-hydrogen) atoms. The van der Waals surface area contributed by atoms with Crippen molar-refractivity contribution in [3.05, 3.63) is 51.9 Å². The van der Waals surface area contributed by atoms with Crippen LogP contribution in [0.1, 0.15) is 62.5 Å². The lowest BCUT2D eigenvalue weighted by Gasteiger charge is -2.06. The number of ketones is 1. The van der Waals surface area contributed by atoms with E-state index in [1.807, 2.05) is 24.6 Å². The highest BCUT2D eigenvalue weighted by molar-refractivity contribution is 7.18. The number of aromatic nitrogens is 5. The Morgan fingerprint density at radius 1 is 1.21 bits per heavy atom. The van der Waals surface area contributed by atoms with E-state index in [0.717, 1.165) is 34.8 Å². The number of fused-ring (bicyclic) bond motifs is 1. The molecule has 4 heterocycles. The van der Waals surface area contributed by atoms with Crippen molar-refractivity contribution in [2.45, 2.75) is 41.2 Å². The third-order valence-electron chi connectivity index (χ3n) is 5.44. The number of anilines is 1. The summed E-state index contributed by atoms with van der Waals surface area (Å²) in [7, 11) is 0. The van der Waals surface area contributed by atoms with Crippen molar-refractivity contribution in [3.8, 4) is 11.3 Å². The molecule has 4 aromatic rings. The van der Waals surface area contributed by atoms with Crippen molar-refractivity contribution in [1.82, 2.24) is 24.4 Å². The van der Waals surface area contributed by atoms with Gasteiger partial charge in [-0.1, -0.05) is 0 Å². The van der Waals surface area contributed by atoms with Gasteiger partial charge in [-0.2, -0.15) is 10.2 Å². The third kappa shape index (κ3) is 3.98. The largest absolute Gasteiger partial charge is 0.462 e. The summed E-state index contributed by atoms with van der Waals surface area (Å²) in [5.41, 5.74) is 3.87. The molecule has 0 radical (unpaired) electrons. The molecular weight excluding hydrogens is 456 g/mol. The molecular formula is C23H24N6O4S. The normalized spacial score (nSPS) is 11.1. The zero-order valence-corrected chi connectivity index (χ0v) is 20.3. The number of nitrogens with one attached hydrogen (secondary N) is 1. The number of carbonyl (C=O) groups is 3. The predicted molar refractivity (Wildman–Crippen MR) is 128 cm³/mol. The standard InChI is InChI=1S/C23H24N6O4S/c1-6-28-13(4)15(11-25-28)17-8-9-24-18-10-16(27-29(17)18)21(31)26-22-19(23(32)33-7-2)12(3)20(34-22)14(5)30/h8-11H,6-7H2,1-5H3,(H,26,31). The fraction of sp³-hybridized carbons (Fsp3) is 0.304. The molecule has 4 aromatic heterocycles. The minimum Gasteiger partial charge on any atom is -0.462 e. The van der Waals surface area contributed by atoms with Gasteiger partial charge in [0.1, 0.15) is 5.00 Å². The summed E-state index contributed by atoms with van der Waals surface area (Å²) >= 11 is 1.04. The van der Waals surface area contributed by atoms with E-state index < -0.39 is 11.9 Å². The monoisotopic (exact) mass is 480 g/mol. The van der Waals surface area contributed by atoms with E-state index in [2.05, 4.69) is 20.5 Å². The van der Waals surface area contributed by atoms with Crippen LogP contribution in [0.4, 0.5) is 5.00 Å². The average molecular weight is 481 g/mol. The molecule has 1 amide bonds. The Morgan fingerprint density at radius 2 is 1.97 bits per heavy atom. The summed E-state index contributed by atoms with van der Waals surface area (Å²) in [5.74, 6) is -1.32. The molecule has 0 unspecified atom stereocenters. The SMILES string of the molecule is CCOC(=O)c1c(NC(=O)c2cc3nccc(-c4cnn(CC)c4C)n3n2)sc(C(C)=O)c1C. The molecule has 176 valence electrons. The number of Topliss-reactive ketones (excluding diaryl/α,β-unsaturated/α-hetero) is 1. The van der Waals surface area contributed by atoms with Crippen LogP contribution in [0.3, 0.4) is 0 Å². The van der Waals surface area contributed by atoms with E-state index in [0.29, 0.717) is 16.1 Å². The minimum absolute atomic E-state index is 0.116. The number of hydrogen-bond donors (Lipinski definition) is 1. The Morgan fingerprint density at radius 3 is 2.62 bits per heavy atom. The molecule has 0 atom stereocenters. The van der Waals surface area contributed by atoms with Gasteiger partial charge in [0.2, 0.25) is 0 Å². The topological polar surface area (TPSA) is 120 Å². The number of hydrogen-bond acceptors (Lipinski definition) is 8. The fourth-order valence-corrected chi connectivity index (χ4v) is 4.87. The van der Waals surface area contributed by atoms with Gasteiger partial charge in [-0.05, 0) is 46.2 Å². The van der Waals surface area contributed by atoms with Crippen LogP contribution in [0.25, 0.3) is 16.9 Å². The molecule has 0 aliphatic carbocycles. The van der Waals surface area contributed by atoms with Gasteiger partial charge >= 0.3 is 5.97 Å². The van der Waals surface area contributed by atoms with Gasteiger partial charge in [0.05, 0.1) is 28.9 Å². The summed E-state index contributed by atoms with van der Waals surface area (Å²) in [6.07, 6.45) is 3.41. The zero-order chi connectivity index (χ0) is 24.6. The summed E-state index contributed by atoms with van der Waals surface area (Å²) in [6, 6.07) is 3.38. The molecule has 0 saturated carbocycles. The van der Waals surface area contributed by atoms with E-state index >= 15 is 0 Å². The van der Waals surface area contributed by atoms with Crippen LogP contribution in [0.15, 0.2) is 24.5 Å². The lowest BCUT2D eigenvalue weighted by Crippen LogP contribution is -2.15. The highest BCUT2D eigenvalue weighted by Gasteiger charge is 2.26. The third-order valence-corrected chi connectivity index (χ3v) is 6.75. The van der Waals surface area contributed by atoms with Gasteiger partial charge in [0, 0.05) is 30.1 Å². The number of ether oxygens (including phenoxy) is 1. The Bertz CT molecular complexity index is 1430. The number of aryl methyl sites for hydroxylation is 1. The van der Waals surface area contributed by atoms with Crippen molar-refractivity contribution in [1.29, 1.82) is 0 Å². The van der Waals surface area contributed by atoms with Gasteiger partial charge in [0.15, 0.2) is 17.1 Å². The maximum Gasteiger partial charge on any atom is 0.341 e. The molecule has 1 N–H and O–H groups in total. The van der Waals surface area contributed by atoms with Crippen LogP contribution in [-0.2, 0) is 11.3 Å². The van der Waals surface area contributed by atoms with Gasteiger partial charge in [-0.3, -0.25) is 14.3 Å². The van der Waals surface area contributed by atoms with Crippen LogP contribution in [-0.4, -0.2) is 48.6 Å². The second kappa shape index (κ2) is 9.18. The highest BCUT2D eigenvalue weighted by atomic mass is 32.1. The second-order valence-corrected chi connectivity index (χ2v) is 8.60. The number of esters is 1. The van der Waals surface area contributed by atoms with Crippen LogP contribution in [0, 0.1) is 13.8 Å². The summed E-state index contributed by atoms with van der Waals surface area (Å²) < 4.78 is 8.60. The number of amides is 1. The first-order valence-corrected chi connectivity index (χ1v) is 11.6. The first kappa shape index (κ1) is 23.3. The van der Waals surface area contributed by atoms with Crippen molar-refractivity contribution >= 4 is 39.6 Å². The molecule has 10 nitrogen and oxygen atoms in total. The van der Waals surface area contributed by atoms with Crippen molar-refractivity contribution in [3.63, 3.8) is 0 Å². The van der Waals surface area contributed by atoms with Crippen molar-refractivity contribution in [2.75, 3.05) is 11.9 Å². The van der Waals surface area contributed by atoms with E-state index in [1.54, 1.807) is 36.8 Å². The Labute approximate surface area is 199 Å². The maximum absolute atomic E-state index is 13.1. The van der Waals surface area contributed by atoms with Crippen molar-refractivity contribution < 1.29 is 19.1 Å². The van der Waals surface area contributed by atoms with Crippen LogP contribution < -0.4 is 5.32 Å². The van der Waals surface area contributed by atoms with Crippen molar-refractivity contribution in [2.24, 2.45) is 0 Å². The van der Waals surface area contributed by atoms with Crippen LogP contribution in [0.5, 0.6) is 0 Å². The Kier molecular flexibility index (Phi) is 6.29. The molecule has 0 spiro atoms. The Hall–Kier alpha value is -3.86. The summed E-state index contributed by atoms with van der Waals surface area (Å²) in [6.45, 7) is 9.65. The molecule has 0 aliphatic heterocycles. The summed E-state index contributed by atoms with van der Waals surface area (Å²) in [4.78, 5) is 42.4. The molecule has 0 fully saturated rings. The van der Waals surface area contributed by atoms with Gasteiger partial charge in [-0.25, -0.2) is 14.3 Å². The van der Waals surface area contributed by atoms with Gasteiger partial charge < -0.3 is 10.1 Å². The lowest BCUT2D eigenvalue weighted by molar-refractivity contribution is 0.0527. The maximum atomic E-state index is 13.1. The van der Waals surface area contributed by atoms with Gasteiger partial charge in [0.25, 0.3) is 5.91 Å².